The molecular weight excluding hydrogens is 172 g/mol. The average molecular weight is 194 g/mol. The summed E-state index contributed by atoms with van der Waals surface area (Å²) in [6.45, 7) is 5.68. The largest absolute Gasteiger partial charge is 0.319 e. The van der Waals surface area contributed by atoms with Crippen molar-refractivity contribution in [1.82, 2.24) is 10.2 Å². The second-order valence-corrected chi connectivity index (χ2v) is 4.13. The van der Waals surface area contributed by atoms with Gasteiger partial charge in [-0.3, -0.25) is 4.90 Å². The zero-order valence-corrected chi connectivity index (χ0v) is 9.42. The number of hydrogen-bond donors (Lipinski definition) is 1. The molecular formula is C12H22N2. The van der Waals surface area contributed by atoms with Gasteiger partial charge in [0.1, 0.15) is 0 Å². The molecule has 0 aromatic heterocycles. The number of rotatable bonds is 4. The summed E-state index contributed by atoms with van der Waals surface area (Å²) in [5, 5.41) is 3.25. The Kier molecular flexibility index (Phi) is 5.00. The topological polar surface area (TPSA) is 15.3 Å². The van der Waals surface area contributed by atoms with E-state index in [1.807, 2.05) is 7.05 Å². The van der Waals surface area contributed by atoms with Gasteiger partial charge in [-0.2, -0.15) is 0 Å². The van der Waals surface area contributed by atoms with Crippen molar-refractivity contribution >= 4 is 0 Å². The van der Waals surface area contributed by atoms with Crippen molar-refractivity contribution in [2.24, 2.45) is 5.92 Å². The number of terminal acetylenes is 1. The summed E-state index contributed by atoms with van der Waals surface area (Å²) in [5.74, 6) is 3.73. The third-order valence-corrected chi connectivity index (χ3v) is 3.16. The molecule has 1 heterocycles. The molecule has 0 aromatic carbocycles. The van der Waals surface area contributed by atoms with Crippen molar-refractivity contribution in [2.75, 3.05) is 26.7 Å². The van der Waals surface area contributed by atoms with E-state index in [-0.39, 0.29) is 0 Å². The van der Waals surface area contributed by atoms with E-state index in [4.69, 9.17) is 6.42 Å². The van der Waals surface area contributed by atoms with Crippen molar-refractivity contribution in [1.29, 1.82) is 0 Å². The fraction of sp³-hybridized carbons (Fsp3) is 0.833. The first-order valence-electron chi connectivity index (χ1n) is 5.66. The van der Waals surface area contributed by atoms with Crippen molar-refractivity contribution < 1.29 is 0 Å². The van der Waals surface area contributed by atoms with Gasteiger partial charge in [0.05, 0.1) is 6.04 Å². The average Bonchev–Trinajstić information content (AvgIpc) is 2.23. The smallest absolute Gasteiger partial charge is 0.0709 e. The molecule has 1 fully saturated rings. The van der Waals surface area contributed by atoms with E-state index in [2.05, 4.69) is 23.1 Å². The Labute approximate surface area is 88.1 Å². The monoisotopic (exact) mass is 194 g/mol. The number of piperidine rings is 1. The van der Waals surface area contributed by atoms with Crippen LogP contribution in [0.5, 0.6) is 0 Å². The van der Waals surface area contributed by atoms with Gasteiger partial charge in [-0.25, -0.2) is 0 Å². The third-order valence-electron chi connectivity index (χ3n) is 3.16. The molecule has 80 valence electrons. The summed E-state index contributed by atoms with van der Waals surface area (Å²) in [6, 6.07) is 0.366. The lowest BCUT2D eigenvalue weighted by atomic mass is 9.95. The molecule has 1 aliphatic rings. The van der Waals surface area contributed by atoms with Crippen LogP contribution in [0.4, 0.5) is 0 Å². The lowest BCUT2D eigenvalue weighted by Crippen LogP contribution is -2.42. The summed E-state index contributed by atoms with van der Waals surface area (Å²) in [6.07, 6.45) is 9.16. The van der Waals surface area contributed by atoms with Gasteiger partial charge in [-0.1, -0.05) is 12.8 Å². The predicted octanol–water partition coefficient (Wildman–Crippen LogP) is 1.33. The molecule has 0 bridgehead atoms. The van der Waals surface area contributed by atoms with Crippen molar-refractivity contribution in [2.45, 2.75) is 32.2 Å². The van der Waals surface area contributed by atoms with E-state index in [0.717, 1.165) is 18.9 Å². The van der Waals surface area contributed by atoms with Crippen molar-refractivity contribution in [3.63, 3.8) is 0 Å². The first-order chi connectivity index (χ1) is 6.81. The molecule has 0 amide bonds. The van der Waals surface area contributed by atoms with Crippen LogP contribution in [0.1, 0.15) is 26.2 Å². The minimum Gasteiger partial charge on any atom is -0.319 e. The maximum Gasteiger partial charge on any atom is 0.0709 e. The van der Waals surface area contributed by atoms with Crippen LogP contribution in [-0.2, 0) is 0 Å². The van der Waals surface area contributed by atoms with E-state index < -0.39 is 0 Å². The van der Waals surface area contributed by atoms with E-state index in [1.54, 1.807) is 0 Å². The second kappa shape index (κ2) is 6.06. The zero-order chi connectivity index (χ0) is 10.4. The Morgan fingerprint density at radius 2 is 2.14 bits per heavy atom. The standard InChI is InChI=1S/C12H22N2/c1-4-12(5-2)14-8-6-11(7-9-14)10-13-3/h1,11-13H,5-10H2,2-3H3. The highest BCUT2D eigenvalue weighted by Gasteiger charge is 2.22. The summed E-state index contributed by atoms with van der Waals surface area (Å²) in [4.78, 5) is 2.45. The van der Waals surface area contributed by atoms with Gasteiger partial charge in [-0.05, 0) is 51.9 Å². The first kappa shape index (κ1) is 11.6. The van der Waals surface area contributed by atoms with Crippen LogP contribution in [0.2, 0.25) is 0 Å². The summed E-state index contributed by atoms with van der Waals surface area (Å²) >= 11 is 0. The van der Waals surface area contributed by atoms with Crippen LogP contribution in [0.15, 0.2) is 0 Å². The molecule has 0 radical (unpaired) electrons. The molecule has 1 atom stereocenters. The fourth-order valence-electron chi connectivity index (χ4n) is 2.24. The normalized spacial score (nSPS) is 21.8. The maximum absolute atomic E-state index is 5.50. The highest BCUT2D eigenvalue weighted by molar-refractivity contribution is 5.00. The van der Waals surface area contributed by atoms with Crippen LogP contribution in [0.25, 0.3) is 0 Å². The quantitative estimate of drug-likeness (QED) is 0.679. The molecule has 14 heavy (non-hydrogen) atoms. The molecule has 0 saturated carbocycles. The van der Waals surface area contributed by atoms with Gasteiger partial charge < -0.3 is 5.32 Å². The minimum absolute atomic E-state index is 0.366. The highest BCUT2D eigenvalue weighted by Crippen LogP contribution is 2.18. The number of nitrogens with zero attached hydrogens (tertiary/aromatic N) is 1. The van der Waals surface area contributed by atoms with Crippen LogP contribution < -0.4 is 5.32 Å². The Balaban J connectivity index is 2.31. The SMILES string of the molecule is C#CC(CC)N1CCC(CNC)CC1. The third kappa shape index (κ3) is 3.01. The fourth-order valence-corrected chi connectivity index (χ4v) is 2.24. The molecule has 2 heteroatoms. The molecule has 2 nitrogen and oxygen atoms in total. The van der Waals surface area contributed by atoms with Crippen LogP contribution >= 0.6 is 0 Å². The second-order valence-electron chi connectivity index (χ2n) is 4.13. The number of hydrogen-bond acceptors (Lipinski definition) is 2. The zero-order valence-electron chi connectivity index (χ0n) is 9.42. The van der Waals surface area contributed by atoms with Crippen LogP contribution in [0.3, 0.4) is 0 Å². The van der Waals surface area contributed by atoms with E-state index in [0.29, 0.717) is 6.04 Å². The molecule has 1 saturated heterocycles. The summed E-state index contributed by atoms with van der Waals surface area (Å²) < 4.78 is 0. The molecule has 1 unspecified atom stereocenters. The van der Waals surface area contributed by atoms with Gasteiger partial charge in [0.2, 0.25) is 0 Å². The van der Waals surface area contributed by atoms with Crippen LogP contribution in [-0.4, -0.2) is 37.6 Å². The Morgan fingerprint density at radius 1 is 1.50 bits per heavy atom. The molecule has 1 rings (SSSR count). The maximum atomic E-state index is 5.50. The molecule has 1 aliphatic heterocycles. The van der Waals surface area contributed by atoms with Gasteiger partial charge in [-0.15, -0.1) is 6.42 Å². The van der Waals surface area contributed by atoms with E-state index >= 15 is 0 Å². The van der Waals surface area contributed by atoms with Gasteiger partial charge in [0.25, 0.3) is 0 Å². The molecule has 1 N–H and O–H groups in total. The minimum atomic E-state index is 0.366. The van der Waals surface area contributed by atoms with E-state index in [1.165, 1.54) is 25.9 Å². The summed E-state index contributed by atoms with van der Waals surface area (Å²) in [5.41, 5.74) is 0. The number of nitrogens with one attached hydrogen (secondary N) is 1. The van der Waals surface area contributed by atoms with Gasteiger partial charge in [0, 0.05) is 0 Å². The predicted molar refractivity (Wildman–Crippen MR) is 61.1 cm³/mol. The van der Waals surface area contributed by atoms with Gasteiger partial charge in [0.15, 0.2) is 0 Å². The Hall–Kier alpha value is -0.520. The first-order valence-corrected chi connectivity index (χ1v) is 5.66. The van der Waals surface area contributed by atoms with Gasteiger partial charge >= 0.3 is 0 Å². The molecule has 0 aliphatic carbocycles. The van der Waals surface area contributed by atoms with Crippen LogP contribution in [0, 0.1) is 18.3 Å². The summed E-state index contributed by atoms with van der Waals surface area (Å²) in [7, 11) is 2.03. The molecule has 0 spiro atoms. The lowest BCUT2D eigenvalue weighted by molar-refractivity contribution is 0.156. The number of likely N-dealkylation sites (tertiary alicyclic amines) is 1. The molecule has 0 aromatic rings. The highest BCUT2D eigenvalue weighted by atomic mass is 15.2. The van der Waals surface area contributed by atoms with Crippen molar-refractivity contribution in [3.8, 4) is 12.3 Å². The Morgan fingerprint density at radius 3 is 2.57 bits per heavy atom. The Bertz CT molecular complexity index is 187. The van der Waals surface area contributed by atoms with E-state index in [9.17, 15) is 0 Å². The lowest BCUT2D eigenvalue weighted by Gasteiger charge is -2.35. The van der Waals surface area contributed by atoms with Crippen molar-refractivity contribution in [3.05, 3.63) is 0 Å².